The van der Waals surface area contributed by atoms with Crippen LogP contribution in [0.1, 0.15) is 25.3 Å². The first-order valence-electron chi connectivity index (χ1n) is 7.98. The molecule has 2 rings (SSSR count). The van der Waals surface area contributed by atoms with Gasteiger partial charge in [0.2, 0.25) is 0 Å². The van der Waals surface area contributed by atoms with Crippen LogP contribution in [0.15, 0.2) is 30.3 Å². The molecular formula is C17H24N2O4. The Bertz CT molecular complexity index is 521. The first-order valence-corrected chi connectivity index (χ1v) is 7.98. The number of benzene rings is 1. The van der Waals surface area contributed by atoms with E-state index in [0.29, 0.717) is 12.5 Å². The van der Waals surface area contributed by atoms with Crippen LogP contribution < -0.4 is 5.32 Å². The summed E-state index contributed by atoms with van der Waals surface area (Å²) in [6.45, 7) is 3.63. The fourth-order valence-electron chi connectivity index (χ4n) is 2.95. The Morgan fingerprint density at radius 3 is 2.70 bits per heavy atom. The van der Waals surface area contributed by atoms with E-state index >= 15 is 0 Å². The summed E-state index contributed by atoms with van der Waals surface area (Å²) < 4.78 is 5.23. The monoisotopic (exact) mass is 320 g/mol. The third kappa shape index (κ3) is 5.90. The fraction of sp³-hybridized carbons (Fsp3) is 0.529. The topological polar surface area (TPSA) is 78.9 Å². The maximum Gasteiger partial charge on any atom is 0.407 e. The molecule has 0 aliphatic carbocycles. The lowest BCUT2D eigenvalue weighted by atomic mass is 9.92. The maximum atomic E-state index is 11.9. The largest absolute Gasteiger partial charge is 0.480 e. The number of nitrogens with one attached hydrogen (secondary N) is 1. The van der Waals surface area contributed by atoms with E-state index in [1.807, 2.05) is 35.2 Å². The molecule has 2 atom stereocenters. The lowest BCUT2D eigenvalue weighted by molar-refractivity contribution is -0.138. The molecule has 2 unspecified atom stereocenters. The predicted octanol–water partition coefficient (Wildman–Crippen LogP) is 2.10. The van der Waals surface area contributed by atoms with Gasteiger partial charge in [-0.15, -0.1) is 0 Å². The minimum Gasteiger partial charge on any atom is -0.480 e. The fourth-order valence-corrected chi connectivity index (χ4v) is 2.95. The quantitative estimate of drug-likeness (QED) is 0.839. The summed E-state index contributed by atoms with van der Waals surface area (Å²) in [4.78, 5) is 24.7. The van der Waals surface area contributed by atoms with Crippen LogP contribution in [0.25, 0.3) is 0 Å². The minimum absolute atomic E-state index is 0.00768. The van der Waals surface area contributed by atoms with Gasteiger partial charge in [-0.05, 0) is 17.9 Å². The van der Waals surface area contributed by atoms with Crippen molar-refractivity contribution >= 4 is 12.1 Å². The highest BCUT2D eigenvalue weighted by Crippen LogP contribution is 2.19. The number of piperidine rings is 1. The highest BCUT2D eigenvalue weighted by Gasteiger charge is 2.28. The first kappa shape index (κ1) is 17.3. The van der Waals surface area contributed by atoms with Crippen LogP contribution in [-0.4, -0.2) is 47.7 Å². The molecular weight excluding hydrogens is 296 g/mol. The number of likely N-dealkylation sites (tertiary alicyclic amines) is 1. The van der Waals surface area contributed by atoms with Gasteiger partial charge in [0.05, 0.1) is 6.54 Å². The molecule has 6 nitrogen and oxygen atoms in total. The lowest BCUT2D eigenvalue weighted by Crippen LogP contribution is -2.51. The Balaban J connectivity index is 1.82. The predicted molar refractivity (Wildman–Crippen MR) is 86.0 cm³/mol. The molecule has 1 aromatic rings. The van der Waals surface area contributed by atoms with Crippen LogP contribution >= 0.6 is 0 Å². The van der Waals surface area contributed by atoms with Gasteiger partial charge in [-0.3, -0.25) is 9.69 Å². The minimum atomic E-state index is -0.841. The first-order chi connectivity index (χ1) is 11.1. The number of ether oxygens (including phenoxy) is 1. The molecule has 1 amide bonds. The van der Waals surface area contributed by atoms with E-state index in [9.17, 15) is 9.59 Å². The Labute approximate surface area is 136 Å². The van der Waals surface area contributed by atoms with Crippen molar-refractivity contribution in [3.8, 4) is 0 Å². The summed E-state index contributed by atoms with van der Waals surface area (Å²) in [6, 6.07) is 9.43. The Hall–Kier alpha value is -2.08. The number of hydrogen-bond acceptors (Lipinski definition) is 4. The van der Waals surface area contributed by atoms with Crippen molar-refractivity contribution in [2.45, 2.75) is 32.4 Å². The highest BCUT2D eigenvalue weighted by molar-refractivity contribution is 5.69. The van der Waals surface area contributed by atoms with Crippen LogP contribution in [0.2, 0.25) is 0 Å². The second-order valence-electron chi connectivity index (χ2n) is 6.00. The summed E-state index contributed by atoms with van der Waals surface area (Å²) in [5, 5.41) is 11.8. The number of hydrogen-bond donors (Lipinski definition) is 2. The molecule has 0 bridgehead atoms. The summed E-state index contributed by atoms with van der Waals surface area (Å²) >= 11 is 0. The number of carbonyl (C=O) groups excluding carboxylic acids is 1. The van der Waals surface area contributed by atoms with Crippen LogP contribution in [0.4, 0.5) is 4.79 Å². The standard InChI is InChI=1S/C17H24N2O4/c1-2-13-8-15(10-19(9-13)11-16(20)21)18-17(22)23-12-14-6-4-3-5-7-14/h3-7,13,15H,2,8-12H2,1H3,(H,18,22)(H,20,21). The van der Waals surface area contributed by atoms with Crippen LogP contribution in [0.3, 0.4) is 0 Å². The van der Waals surface area contributed by atoms with Gasteiger partial charge >= 0.3 is 12.1 Å². The summed E-state index contributed by atoms with van der Waals surface area (Å²) in [5.41, 5.74) is 0.935. The van der Waals surface area contributed by atoms with Gasteiger partial charge < -0.3 is 15.2 Å². The number of carboxylic acid groups (broad SMARTS) is 1. The molecule has 2 N–H and O–H groups in total. The van der Waals surface area contributed by atoms with Crippen molar-refractivity contribution in [1.82, 2.24) is 10.2 Å². The van der Waals surface area contributed by atoms with E-state index in [1.54, 1.807) is 0 Å². The number of aliphatic carboxylic acids is 1. The second kappa shape index (κ2) is 8.53. The maximum absolute atomic E-state index is 11.9. The summed E-state index contributed by atoms with van der Waals surface area (Å²) in [5.74, 6) is -0.449. The zero-order valence-corrected chi connectivity index (χ0v) is 13.4. The van der Waals surface area contributed by atoms with Gasteiger partial charge in [0, 0.05) is 19.1 Å². The van der Waals surface area contributed by atoms with Gasteiger partial charge in [-0.25, -0.2) is 4.79 Å². The van der Waals surface area contributed by atoms with E-state index in [4.69, 9.17) is 9.84 Å². The highest BCUT2D eigenvalue weighted by atomic mass is 16.5. The lowest BCUT2D eigenvalue weighted by Gasteiger charge is -2.36. The molecule has 1 heterocycles. The number of amides is 1. The van der Waals surface area contributed by atoms with Gasteiger partial charge in [-0.1, -0.05) is 43.7 Å². The summed E-state index contributed by atoms with van der Waals surface area (Å²) in [7, 11) is 0. The van der Waals surface area contributed by atoms with Crippen molar-refractivity contribution in [1.29, 1.82) is 0 Å². The number of carboxylic acids is 1. The average molecular weight is 320 g/mol. The smallest absolute Gasteiger partial charge is 0.407 e. The van der Waals surface area contributed by atoms with Crippen molar-refractivity contribution in [2.75, 3.05) is 19.6 Å². The molecule has 1 fully saturated rings. The molecule has 0 saturated carbocycles. The molecule has 1 aromatic carbocycles. The van der Waals surface area contributed by atoms with E-state index in [1.165, 1.54) is 0 Å². The SMILES string of the molecule is CCC1CC(NC(=O)OCc2ccccc2)CN(CC(=O)O)C1. The second-order valence-corrected chi connectivity index (χ2v) is 6.00. The molecule has 1 saturated heterocycles. The van der Waals surface area contributed by atoms with E-state index in [-0.39, 0.29) is 19.2 Å². The molecule has 0 spiro atoms. The van der Waals surface area contributed by atoms with Gasteiger partial charge in [-0.2, -0.15) is 0 Å². The van der Waals surface area contributed by atoms with Gasteiger partial charge in [0.1, 0.15) is 6.61 Å². The van der Waals surface area contributed by atoms with Crippen LogP contribution in [0.5, 0.6) is 0 Å². The Kier molecular flexibility index (Phi) is 6.40. The Morgan fingerprint density at radius 2 is 2.04 bits per heavy atom. The van der Waals surface area contributed by atoms with E-state index < -0.39 is 12.1 Å². The van der Waals surface area contributed by atoms with Gasteiger partial charge in [0.15, 0.2) is 0 Å². The third-order valence-electron chi connectivity index (χ3n) is 4.08. The summed E-state index contributed by atoms with van der Waals surface area (Å²) in [6.07, 6.45) is 1.37. The zero-order chi connectivity index (χ0) is 16.7. The molecule has 1 aliphatic rings. The number of nitrogens with zero attached hydrogens (tertiary/aromatic N) is 1. The Morgan fingerprint density at radius 1 is 1.30 bits per heavy atom. The van der Waals surface area contributed by atoms with Crippen molar-refractivity contribution < 1.29 is 19.4 Å². The average Bonchev–Trinajstić information content (AvgIpc) is 2.53. The third-order valence-corrected chi connectivity index (χ3v) is 4.08. The number of alkyl carbamates (subject to hydrolysis) is 1. The molecule has 0 radical (unpaired) electrons. The van der Waals surface area contributed by atoms with Crippen LogP contribution in [-0.2, 0) is 16.1 Å². The molecule has 0 aromatic heterocycles. The zero-order valence-electron chi connectivity index (χ0n) is 13.4. The normalized spacial score (nSPS) is 21.6. The van der Waals surface area contributed by atoms with E-state index in [0.717, 1.165) is 24.9 Å². The van der Waals surface area contributed by atoms with Crippen molar-refractivity contribution in [2.24, 2.45) is 5.92 Å². The van der Waals surface area contributed by atoms with Crippen molar-refractivity contribution in [3.63, 3.8) is 0 Å². The van der Waals surface area contributed by atoms with Crippen molar-refractivity contribution in [3.05, 3.63) is 35.9 Å². The number of rotatable bonds is 6. The number of carbonyl (C=O) groups is 2. The molecule has 1 aliphatic heterocycles. The molecule has 6 heteroatoms. The van der Waals surface area contributed by atoms with Gasteiger partial charge in [0.25, 0.3) is 0 Å². The van der Waals surface area contributed by atoms with E-state index in [2.05, 4.69) is 12.2 Å². The molecule has 126 valence electrons. The van der Waals surface area contributed by atoms with Crippen LogP contribution in [0, 0.1) is 5.92 Å². The molecule has 23 heavy (non-hydrogen) atoms.